The Morgan fingerprint density at radius 1 is 1.42 bits per heavy atom. The van der Waals surface area contributed by atoms with Crippen LogP contribution in [0.4, 0.5) is 0 Å². The van der Waals surface area contributed by atoms with Crippen LogP contribution in [0.5, 0.6) is 5.75 Å². The van der Waals surface area contributed by atoms with Crippen LogP contribution in [0, 0.1) is 0 Å². The Labute approximate surface area is 122 Å². The lowest BCUT2D eigenvalue weighted by Crippen LogP contribution is -2.44. The molecule has 0 aliphatic carbocycles. The molecule has 19 heavy (non-hydrogen) atoms. The maximum absolute atomic E-state index is 11.7. The summed E-state index contributed by atoms with van der Waals surface area (Å²) in [6.07, 6.45) is 0.336. The van der Waals surface area contributed by atoms with Crippen LogP contribution >= 0.6 is 15.9 Å². The number of ether oxygens (including phenoxy) is 1. The van der Waals surface area contributed by atoms with Gasteiger partial charge in [0, 0.05) is 17.1 Å². The van der Waals surface area contributed by atoms with Gasteiger partial charge in [-0.1, -0.05) is 15.9 Å². The number of halogens is 1. The van der Waals surface area contributed by atoms with Gasteiger partial charge in [0.2, 0.25) is 0 Å². The molecule has 1 aromatic rings. The van der Waals surface area contributed by atoms with Crippen LogP contribution in [0.25, 0.3) is 0 Å². The largest absolute Gasteiger partial charge is 0.496 e. The molecule has 6 heteroatoms. The first-order chi connectivity index (χ1) is 8.59. The molecule has 0 aliphatic heterocycles. The number of hydrogen-bond donors (Lipinski definition) is 1. The molecule has 108 valence electrons. The minimum atomic E-state index is -3.35. The van der Waals surface area contributed by atoms with E-state index in [1.807, 2.05) is 12.1 Å². The lowest BCUT2D eigenvalue weighted by atomic mass is 9.98. The average Bonchev–Trinajstić information content (AvgIpc) is 2.27. The topological polar surface area (TPSA) is 63.6 Å². The first-order valence-corrected chi connectivity index (χ1v) is 8.48. The molecule has 0 amide bonds. The molecule has 0 spiro atoms. The van der Waals surface area contributed by atoms with Crippen molar-refractivity contribution in [2.45, 2.75) is 31.1 Å². The second-order valence-electron chi connectivity index (χ2n) is 5.05. The van der Waals surface area contributed by atoms with E-state index >= 15 is 0 Å². The van der Waals surface area contributed by atoms with Crippen LogP contribution in [-0.4, -0.2) is 37.7 Å². The number of hydrogen-bond acceptors (Lipinski definition) is 4. The third-order valence-corrected chi connectivity index (χ3v) is 6.09. The smallest absolute Gasteiger partial charge is 0.155 e. The molecule has 4 nitrogen and oxygen atoms in total. The molecule has 0 heterocycles. The van der Waals surface area contributed by atoms with Crippen molar-refractivity contribution in [3.63, 3.8) is 0 Å². The zero-order valence-electron chi connectivity index (χ0n) is 11.5. The third kappa shape index (κ3) is 3.70. The maximum Gasteiger partial charge on any atom is 0.155 e. The number of benzene rings is 1. The van der Waals surface area contributed by atoms with Crippen LogP contribution in [0.1, 0.15) is 19.4 Å². The van der Waals surface area contributed by atoms with E-state index in [0.717, 1.165) is 16.3 Å². The molecular formula is C13H19BrO4S. The highest BCUT2D eigenvalue weighted by Gasteiger charge is 2.38. The van der Waals surface area contributed by atoms with Gasteiger partial charge >= 0.3 is 0 Å². The van der Waals surface area contributed by atoms with Crippen LogP contribution < -0.4 is 4.74 Å². The van der Waals surface area contributed by atoms with Crippen molar-refractivity contribution in [3.05, 3.63) is 28.2 Å². The van der Waals surface area contributed by atoms with Crippen molar-refractivity contribution in [2.75, 3.05) is 13.4 Å². The van der Waals surface area contributed by atoms with E-state index in [4.69, 9.17) is 4.74 Å². The van der Waals surface area contributed by atoms with Gasteiger partial charge in [-0.25, -0.2) is 8.42 Å². The van der Waals surface area contributed by atoms with Gasteiger partial charge in [-0.05, 0) is 37.6 Å². The van der Waals surface area contributed by atoms with Gasteiger partial charge in [-0.15, -0.1) is 0 Å². The first kappa shape index (κ1) is 16.5. The molecule has 1 rings (SSSR count). The highest BCUT2D eigenvalue weighted by molar-refractivity contribution is 9.10. The molecule has 1 unspecified atom stereocenters. The zero-order valence-corrected chi connectivity index (χ0v) is 13.9. The van der Waals surface area contributed by atoms with Crippen LogP contribution in [-0.2, 0) is 16.3 Å². The quantitative estimate of drug-likeness (QED) is 0.883. The van der Waals surface area contributed by atoms with Crippen molar-refractivity contribution in [1.82, 2.24) is 0 Å². The number of aliphatic hydroxyl groups is 1. The molecule has 0 aliphatic rings. The number of methoxy groups -OCH3 is 1. The van der Waals surface area contributed by atoms with E-state index in [2.05, 4.69) is 15.9 Å². The van der Waals surface area contributed by atoms with Gasteiger partial charge < -0.3 is 9.84 Å². The summed E-state index contributed by atoms with van der Waals surface area (Å²) in [6.45, 7) is 3.05. The molecular weight excluding hydrogens is 332 g/mol. The van der Waals surface area contributed by atoms with E-state index < -0.39 is 20.7 Å². The Bertz CT molecular complexity index is 552. The lowest BCUT2D eigenvalue weighted by Gasteiger charge is -2.29. The fourth-order valence-corrected chi connectivity index (χ4v) is 2.59. The summed E-state index contributed by atoms with van der Waals surface area (Å²) in [5.74, 6) is 0.631. The summed E-state index contributed by atoms with van der Waals surface area (Å²) >= 11 is 3.35. The highest BCUT2D eigenvalue weighted by atomic mass is 79.9. The Balaban J connectivity index is 3.06. The molecule has 0 aromatic heterocycles. The summed E-state index contributed by atoms with van der Waals surface area (Å²) in [5.41, 5.74) is 0.765. The monoisotopic (exact) mass is 350 g/mol. The second kappa shape index (κ2) is 5.81. The molecule has 0 bridgehead atoms. The molecule has 0 saturated heterocycles. The number of sulfone groups is 1. The van der Waals surface area contributed by atoms with E-state index in [0.29, 0.717) is 5.75 Å². The number of rotatable bonds is 5. The van der Waals surface area contributed by atoms with Crippen molar-refractivity contribution < 1.29 is 18.3 Å². The zero-order chi connectivity index (χ0) is 14.8. The third-order valence-electron chi connectivity index (χ3n) is 3.41. The molecule has 0 fully saturated rings. The Morgan fingerprint density at radius 2 is 2.00 bits per heavy atom. The Morgan fingerprint density at radius 3 is 2.47 bits per heavy atom. The maximum atomic E-state index is 11.7. The van der Waals surface area contributed by atoms with E-state index in [1.165, 1.54) is 13.8 Å². The normalized spacial score (nSPS) is 14.2. The summed E-state index contributed by atoms with van der Waals surface area (Å²) in [6, 6.07) is 5.43. The minimum absolute atomic E-state index is 0.211. The van der Waals surface area contributed by atoms with Gasteiger partial charge in [-0.3, -0.25) is 0 Å². The van der Waals surface area contributed by atoms with Crippen LogP contribution in [0.15, 0.2) is 22.7 Å². The average molecular weight is 351 g/mol. The van der Waals surface area contributed by atoms with E-state index in [-0.39, 0.29) is 6.42 Å². The van der Waals surface area contributed by atoms with E-state index in [1.54, 1.807) is 13.2 Å². The van der Waals surface area contributed by atoms with Gasteiger partial charge in [-0.2, -0.15) is 0 Å². The Kier molecular flexibility index (Phi) is 5.03. The van der Waals surface area contributed by atoms with Crippen molar-refractivity contribution in [3.8, 4) is 5.75 Å². The van der Waals surface area contributed by atoms with Crippen molar-refractivity contribution >= 4 is 25.8 Å². The minimum Gasteiger partial charge on any atom is -0.496 e. The standard InChI is InChI=1S/C13H19BrO4S/c1-13(2,19(4,16)17)12(15)8-9-7-10(14)5-6-11(9)18-3/h5-7,12,15H,8H2,1-4H3. The fourth-order valence-electron chi connectivity index (χ4n) is 1.61. The van der Waals surface area contributed by atoms with Gasteiger partial charge in [0.05, 0.1) is 18.0 Å². The molecule has 1 aromatic carbocycles. The summed E-state index contributed by atoms with van der Waals surface area (Å²) in [4.78, 5) is 0. The predicted octanol–water partition coefficient (Wildman–Crippen LogP) is 2.18. The highest BCUT2D eigenvalue weighted by Crippen LogP contribution is 2.28. The Hall–Kier alpha value is -0.590. The molecule has 1 N–H and O–H groups in total. The predicted molar refractivity (Wildman–Crippen MR) is 79.3 cm³/mol. The van der Waals surface area contributed by atoms with Gasteiger partial charge in [0.15, 0.2) is 9.84 Å². The molecule has 0 saturated carbocycles. The van der Waals surface area contributed by atoms with Crippen LogP contribution in [0.3, 0.4) is 0 Å². The summed E-state index contributed by atoms with van der Waals surface area (Å²) in [5, 5.41) is 10.2. The SMILES string of the molecule is COc1ccc(Br)cc1CC(O)C(C)(C)S(C)(=O)=O. The van der Waals surface area contributed by atoms with E-state index in [9.17, 15) is 13.5 Å². The van der Waals surface area contributed by atoms with Crippen molar-refractivity contribution in [1.29, 1.82) is 0 Å². The van der Waals surface area contributed by atoms with Crippen molar-refractivity contribution in [2.24, 2.45) is 0 Å². The summed E-state index contributed by atoms with van der Waals surface area (Å²) in [7, 11) is -1.81. The van der Waals surface area contributed by atoms with Gasteiger partial charge in [0.25, 0.3) is 0 Å². The fraction of sp³-hybridized carbons (Fsp3) is 0.538. The van der Waals surface area contributed by atoms with Crippen LogP contribution in [0.2, 0.25) is 0 Å². The molecule has 0 radical (unpaired) electrons. The molecule has 1 atom stereocenters. The van der Waals surface area contributed by atoms with Gasteiger partial charge in [0.1, 0.15) is 5.75 Å². The second-order valence-corrected chi connectivity index (χ2v) is 8.56. The first-order valence-electron chi connectivity index (χ1n) is 5.79. The number of aliphatic hydroxyl groups excluding tert-OH is 1. The summed E-state index contributed by atoms with van der Waals surface area (Å²) < 4.78 is 28.3. The lowest BCUT2D eigenvalue weighted by molar-refractivity contribution is 0.137.